The summed E-state index contributed by atoms with van der Waals surface area (Å²) in [4.78, 5) is 16.8. The molecule has 0 N–H and O–H groups in total. The zero-order valence-corrected chi connectivity index (χ0v) is 21.4. The number of aromatic nitrogens is 1. The number of benzene rings is 2. The molecule has 0 saturated heterocycles. The molecule has 0 spiro atoms. The van der Waals surface area contributed by atoms with E-state index in [1.165, 1.54) is 6.08 Å². The monoisotopic (exact) mass is 557 g/mol. The Hall–Kier alpha value is -2.41. The first-order valence-corrected chi connectivity index (χ1v) is 12.3. The number of pyridine rings is 1. The molecule has 0 aliphatic carbocycles. The molecule has 0 saturated carbocycles. The average molecular weight is 559 g/mol. The number of ketones is 1. The molecule has 36 heavy (non-hydrogen) atoms. The van der Waals surface area contributed by atoms with E-state index in [-0.39, 0.29) is 11.3 Å². The summed E-state index contributed by atoms with van der Waals surface area (Å²) in [5.74, 6) is -3.04. The fraction of sp³-hybridized carbons (Fsp3) is 0.259. The molecule has 1 unspecified atom stereocenters. The molecule has 1 heterocycles. The lowest BCUT2D eigenvalue weighted by atomic mass is 9.94. The summed E-state index contributed by atoms with van der Waals surface area (Å²) in [5, 5.41) is -0.560. The van der Waals surface area contributed by atoms with Crippen LogP contribution in [0.3, 0.4) is 0 Å². The van der Waals surface area contributed by atoms with Gasteiger partial charge in [-0.1, -0.05) is 78.1 Å². The van der Waals surface area contributed by atoms with E-state index in [0.29, 0.717) is 42.0 Å². The summed E-state index contributed by atoms with van der Waals surface area (Å²) in [5.41, 5.74) is 2.50. The van der Waals surface area contributed by atoms with Crippen LogP contribution in [0.15, 0.2) is 54.7 Å². The minimum atomic E-state index is -4.65. The van der Waals surface area contributed by atoms with Crippen LogP contribution < -0.4 is 0 Å². The third-order valence-electron chi connectivity index (χ3n) is 5.67. The van der Waals surface area contributed by atoms with Crippen LogP contribution in [-0.4, -0.2) is 16.9 Å². The second-order valence-corrected chi connectivity index (χ2v) is 9.41. The number of allylic oxidation sites excluding steroid dienone is 1. The van der Waals surface area contributed by atoms with Crippen molar-refractivity contribution in [3.63, 3.8) is 0 Å². The van der Waals surface area contributed by atoms with E-state index in [4.69, 9.17) is 34.8 Å². The van der Waals surface area contributed by atoms with Crippen LogP contribution in [-0.2, 0) is 12.8 Å². The van der Waals surface area contributed by atoms with Crippen LogP contribution in [0.25, 0.3) is 6.08 Å². The quantitative estimate of drug-likeness (QED) is 0.113. The minimum Gasteiger partial charge on any atom is -0.294 e. The SMILES string of the molecule is CCc1cc(/C=C/C(c2cc(Cl)c(F)c(Cl)c2)C(F)(F)F)ccc1C(=O)CCCc1ccc(Cl)nc1. The fourth-order valence-corrected chi connectivity index (χ4v) is 4.41. The highest BCUT2D eigenvalue weighted by molar-refractivity contribution is 6.35. The van der Waals surface area contributed by atoms with Gasteiger partial charge in [0.1, 0.15) is 5.15 Å². The topological polar surface area (TPSA) is 30.0 Å². The summed E-state index contributed by atoms with van der Waals surface area (Å²) in [6.45, 7) is 1.88. The third kappa shape index (κ3) is 7.31. The number of carbonyl (C=O) groups is 1. The number of carbonyl (C=O) groups excluding carboxylic acids is 1. The van der Waals surface area contributed by atoms with Crippen molar-refractivity contribution in [2.24, 2.45) is 0 Å². The summed E-state index contributed by atoms with van der Waals surface area (Å²) in [6, 6.07) is 10.3. The van der Waals surface area contributed by atoms with Crippen LogP contribution in [0.2, 0.25) is 15.2 Å². The smallest absolute Gasteiger partial charge is 0.294 e. The molecule has 2 aromatic carbocycles. The van der Waals surface area contributed by atoms with Gasteiger partial charge in [0.2, 0.25) is 0 Å². The number of halogens is 7. The molecular weight excluding hydrogens is 537 g/mol. The second kappa shape index (κ2) is 12.2. The number of hydrogen-bond acceptors (Lipinski definition) is 2. The Morgan fingerprint density at radius 3 is 2.33 bits per heavy atom. The van der Waals surface area contributed by atoms with Crippen LogP contribution in [0.4, 0.5) is 17.6 Å². The lowest BCUT2D eigenvalue weighted by Crippen LogP contribution is -2.19. The Labute approximate surface area is 221 Å². The van der Waals surface area contributed by atoms with Gasteiger partial charge in [0.25, 0.3) is 0 Å². The molecule has 0 aliphatic rings. The van der Waals surface area contributed by atoms with Gasteiger partial charge in [0.15, 0.2) is 11.6 Å². The van der Waals surface area contributed by atoms with E-state index in [2.05, 4.69) is 4.98 Å². The molecule has 2 nitrogen and oxygen atoms in total. The standard InChI is InChI=1S/C27H22Cl3F4NO/c1-2-18-12-16(6-9-20(18)24(36)5-3-4-17-8-11-25(30)35-15-17)7-10-21(27(32,33)34)19-13-22(28)26(31)23(29)14-19/h6-15,21H,2-5H2,1H3/b10-7+. The molecule has 0 fully saturated rings. The van der Waals surface area contributed by atoms with Gasteiger partial charge in [0, 0.05) is 18.2 Å². The van der Waals surface area contributed by atoms with E-state index < -0.39 is 28.0 Å². The van der Waals surface area contributed by atoms with Crippen molar-refractivity contribution in [3.8, 4) is 0 Å². The van der Waals surface area contributed by atoms with Gasteiger partial charge in [-0.05, 0) is 59.7 Å². The Morgan fingerprint density at radius 2 is 1.75 bits per heavy atom. The van der Waals surface area contributed by atoms with E-state index in [0.717, 1.165) is 29.3 Å². The molecule has 3 rings (SSSR count). The first-order chi connectivity index (χ1) is 17.0. The Kier molecular flexibility index (Phi) is 9.56. The first-order valence-electron chi connectivity index (χ1n) is 11.2. The van der Waals surface area contributed by atoms with Crippen molar-refractivity contribution in [1.29, 1.82) is 0 Å². The number of rotatable bonds is 9. The predicted molar refractivity (Wildman–Crippen MR) is 137 cm³/mol. The molecule has 9 heteroatoms. The van der Waals surface area contributed by atoms with Gasteiger partial charge in [0.05, 0.1) is 16.0 Å². The lowest BCUT2D eigenvalue weighted by molar-refractivity contribution is -0.139. The zero-order valence-electron chi connectivity index (χ0n) is 19.2. The first kappa shape index (κ1) is 28.2. The molecule has 0 aliphatic heterocycles. The van der Waals surface area contributed by atoms with Crippen LogP contribution in [0.5, 0.6) is 0 Å². The number of alkyl halides is 3. The highest BCUT2D eigenvalue weighted by Crippen LogP contribution is 2.39. The Morgan fingerprint density at radius 1 is 1.06 bits per heavy atom. The zero-order chi connectivity index (χ0) is 26.5. The van der Waals surface area contributed by atoms with E-state index in [1.807, 2.05) is 13.0 Å². The maximum absolute atomic E-state index is 13.8. The summed E-state index contributed by atoms with van der Waals surface area (Å²) >= 11 is 17.2. The molecule has 1 aromatic heterocycles. The normalized spacial score (nSPS) is 12.8. The molecule has 3 aromatic rings. The van der Waals surface area contributed by atoms with E-state index >= 15 is 0 Å². The largest absolute Gasteiger partial charge is 0.399 e. The van der Waals surface area contributed by atoms with Crippen molar-refractivity contribution in [2.75, 3.05) is 0 Å². The van der Waals surface area contributed by atoms with Crippen molar-refractivity contribution in [1.82, 2.24) is 4.98 Å². The summed E-state index contributed by atoms with van der Waals surface area (Å²) in [7, 11) is 0. The van der Waals surface area contributed by atoms with E-state index in [9.17, 15) is 22.4 Å². The summed E-state index contributed by atoms with van der Waals surface area (Å²) in [6.07, 6.45) is 1.48. The number of aryl methyl sites for hydroxylation is 2. The molecule has 0 bridgehead atoms. The molecule has 0 amide bonds. The van der Waals surface area contributed by atoms with Gasteiger partial charge in [-0.15, -0.1) is 0 Å². The third-order valence-corrected chi connectivity index (χ3v) is 6.44. The second-order valence-electron chi connectivity index (χ2n) is 8.21. The van der Waals surface area contributed by atoms with Gasteiger partial charge in [-0.2, -0.15) is 13.2 Å². The average Bonchev–Trinajstić information content (AvgIpc) is 2.82. The number of hydrogen-bond donors (Lipinski definition) is 0. The lowest BCUT2D eigenvalue weighted by Gasteiger charge is -2.18. The maximum Gasteiger partial charge on any atom is 0.399 e. The predicted octanol–water partition coefficient (Wildman–Crippen LogP) is 9.31. The molecule has 1 atom stereocenters. The Balaban J connectivity index is 1.76. The summed E-state index contributed by atoms with van der Waals surface area (Å²) < 4.78 is 55.0. The van der Waals surface area contributed by atoms with Crippen LogP contribution >= 0.6 is 34.8 Å². The van der Waals surface area contributed by atoms with Crippen molar-refractivity contribution in [3.05, 3.63) is 104 Å². The molecular formula is C27H22Cl3F4NO. The fourth-order valence-electron chi connectivity index (χ4n) is 3.80. The van der Waals surface area contributed by atoms with Gasteiger partial charge < -0.3 is 0 Å². The molecule has 0 radical (unpaired) electrons. The van der Waals surface area contributed by atoms with Gasteiger partial charge in [-0.25, -0.2) is 9.37 Å². The van der Waals surface area contributed by atoms with Gasteiger partial charge >= 0.3 is 6.18 Å². The Bertz CT molecular complexity index is 1230. The molecule has 190 valence electrons. The number of Topliss-reactive ketones (excluding diaryl/α,β-unsaturated/α-hetero) is 1. The number of nitrogens with zero attached hydrogens (tertiary/aromatic N) is 1. The van der Waals surface area contributed by atoms with Crippen LogP contribution in [0, 0.1) is 5.82 Å². The van der Waals surface area contributed by atoms with Crippen LogP contribution in [0.1, 0.15) is 58.3 Å². The highest BCUT2D eigenvalue weighted by atomic mass is 35.5. The van der Waals surface area contributed by atoms with Gasteiger partial charge in [-0.3, -0.25) is 4.79 Å². The van der Waals surface area contributed by atoms with E-state index in [1.54, 1.807) is 30.5 Å². The van der Waals surface area contributed by atoms with Crippen molar-refractivity contribution >= 4 is 46.7 Å². The van der Waals surface area contributed by atoms with Crippen molar-refractivity contribution < 1.29 is 22.4 Å². The highest BCUT2D eigenvalue weighted by Gasteiger charge is 2.39. The maximum atomic E-state index is 13.8. The van der Waals surface area contributed by atoms with Crippen molar-refractivity contribution in [2.45, 2.75) is 44.7 Å². The minimum absolute atomic E-state index is 0.0342.